The first-order valence-corrected chi connectivity index (χ1v) is 7.15. The minimum Gasteiger partial charge on any atom is -0.350 e. The Hall–Kier alpha value is -1.65. The summed E-state index contributed by atoms with van der Waals surface area (Å²) < 4.78 is 0. The fourth-order valence-corrected chi connectivity index (χ4v) is 2.69. The van der Waals surface area contributed by atoms with Gasteiger partial charge in [-0.15, -0.1) is 11.3 Å². The topological polar surface area (TPSA) is 55.1 Å². The van der Waals surface area contributed by atoms with E-state index in [4.69, 9.17) is 5.73 Å². The summed E-state index contributed by atoms with van der Waals surface area (Å²) in [5.74, 6) is -0.100. The van der Waals surface area contributed by atoms with Crippen LogP contribution < -0.4 is 11.1 Å². The Bertz CT molecular complexity index is 536. The van der Waals surface area contributed by atoms with E-state index in [2.05, 4.69) is 11.4 Å². The van der Waals surface area contributed by atoms with Gasteiger partial charge >= 0.3 is 0 Å². The van der Waals surface area contributed by atoms with Gasteiger partial charge < -0.3 is 11.1 Å². The van der Waals surface area contributed by atoms with Crippen molar-refractivity contribution in [3.05, 3.63) is 57.8 Å². The predicted molar refractivity (Wildman–Crippen MR) is 79.0 cm³/mol. The van der Waals surface area contributed by atoms with Crippen LogP contribution in [0.2, 0.25) is 0 Å². The van der Waals surface area contributed by atoms with Crippen molar-refractivity contribution in [3.8, 4) is 0 Å². The van der Waals surface area contributed by atoms with Crippen LogP contribution in [0.3, 0.4) is 0 Å². The molecule has 0 aliphatic heterocycles. The molecule has 3 nitrogen and oxygen atoms in total. The SMILES string of the molecule is Cc1ccsc1CNC(=O)[C@H](N)Cc1ccccc1. The lowest BCUT2D eigenvalue weighted by atomic mass is 10.1. The van der Waals surface area contributed by atoms with Crippen molar-refractivity contribution in [2.75, 3.05) is 0 Å². The molecular formula is C15H18N2OS. The summed E-state index contributed by atoms with van der Waals surface area (Å²) in [7, 11) is 0. The van der Waals surface area contributed by atoms with Crippen LogP contribution in [0, 0.1) is 6.92 Å². The average Bonchev–Trinajstić information content (AvgIpc) is 2.82. The van der Waals surface area contributed by atoms with Gasteiger partial charge in [0, 0.05) is 4.88 Å². The van der Waals surface area contributed by atoms with E-state index in [1.807, 2.05) is 42.6 Å². The number of carbonyl (C=O) groups excluding carboxylic acids is 1. The maximum Gasteiger partial charge on any atom is 0.237 e. The third-order valence-electron chi connectivity index (χ3n) is 3.03. The summed E-state index contributed by atoms with van der Waals surface area (Å²) in [5, 5.41) is 4.92. The molecular weight excluding hydrogens is 256 g/mol. The molecule has 0 saturated heterocycles. The molecule has 0 radical (unpaired) electrons. The molecule has 1 aromatic heterocycles. The predicted octanol–water partition coefficient (Wildman–Crippen LogP) is 2.24. The maximum atomic E-state index is 11.9. The van der Waals surface area contributed by atoms with E-state index in [1.165, 1.54) is 10.4 Å². The normalized spacial score (nSPS) is 12.1. The van der Waals surface area contributed by atoms with Crippen molar-refractivity contribution in [1.29, 1.82) is 0 Å². The molecule has 0 bridgehead atoms. The number of rotatable bonds is 5. The summed E-state index contributed by atoms with van der Waals surface area (Å²) in [6.07, 6.45) is 0.566. The van der Waals surface area contributed by atoms with Crippen molar-refractivity contribution < 1.29 is 4.79 Å². The molecule has 1 heterocycles. The number of benzene rings is 1. The van der Waals surface area contributed by atoms with E-state index in [9.17, 15) is 4.79 Å². The zero-order valence-corrected chi connectivity index (χ0v) is 11.7. The van der Waals surface area contributed by atoms with Crippen LogP contribution in [0.4, 0.5) is 0 Å². The Morgan fingerprint density at radius 1 is 1.32 bits per heavy atom. The molecule has 19 heavy (non-hydrogen) atoms. The number of hydrogen-bond donors (Lipinski definition) is 2. The van der Waals surface area contributed by atoms with Crippen LogP contribution in [0.1, 0.15) is 16.0 Å². The van der Waals surface area contributed by atoms with Crippen LogP contribution in [0.15, 0.2) is 41.8 Å². The highest BCUT2D eigenvalue weighted by Crippen LogP contribution is 2.14. The quantitative estimate of drug-likeness (QED) is 0.878. The zero-order valence-electron chi connectivity index (χ0n) is 10.9. The van der Waals surface area contributed by atoms with Crippen molar-refractivity contribution in [3.63, 3.8) is 0 Å². The number of nitrogens with two attached hydrogens (primary N) is 1. The first kappa shape index (κ1) is 13.8. The maximum absolute atomic E-state index is 11.9. The number of carbonyl (C=O) groups is 1. The standard InChI is InChI=1S/C15H18N2OS/c1-11-7-8-19-14(11)10-17-15(18)13(16)9-12-5-3-2-4-6-12/h2-8,13H,9-10,16H2,1H3,(H,17,18)/t13-/m1/s1. The summed E-state index contributed by atoms with van der Waals surface area (Å²) >= 11 is 1.65. The zero-order chi connectivity index (χ0) is 13.7. The van der Waals surface area contributed by atoms with E-state index < -0.39 is 6.04 Å². The fraction of sp³-hybridized carbons (Fsp3) is 0.267. The van der Waals surface area contributed by atoms with Crippen LogP contribution in [0.25, 0.3) is 0 Å². The van der Waals surface area contributed by atoms with E-state index >= 15 is 0 Å². The number of hydrogen-bond acceptors (Lipinski definition) is 3. The van der Waals surface area contributed by atoms with Gasteiger partial charge in [-0.3, -0.25) is 4.79 Å². The van der Waals surface area contributed by atoms with Crippen LogP contribution in [-0.4, -0.2) is 11.9 Å². The molecule has 100 valence electrons. The van der Waals surface area contributed by atoms with Gasteiger partial charge in [-0.1, -0.05) is 30.3 Å². The van der Waals surface area contributed by atoms with Gasteiger partial charge in [0.05, 0.1) is 12.6 Å². The Balaban J connectivity index is 1.84. The highest BCUT2D eigenvalue weighted by molar-refractivity contribution is 7.10. The number of thiophene rings is 1. The number of nitrogens with one attached hydrogen (secondary N) is 1. The number of aryl methyl sites for hydroxylation is 1. The van der Waals surface area contributed by atoms with Gasteiger partial charge in [-0.25, -0.2) is 0 Å². The summed E-state index contributed by atoms with van der Waals surface area (Å²) in [5.41, 5.74) is 8.21. The monoisotopic (exact) mass is 274 g/mol. The first-order chi connectivity index (χ1) is 9.16. The summed E-state index contributed by atoms with van der Waals surface area (Å²) in [4.78, 5) is 13.1. The summed E-state index contributed by atoms with van der Waals surface area (Å²) in [6.45, 7) is 2.60. The molecule has 1 atom stereocenters. The van der Waals surface area contributed by atoms with Gasteiger partial charge in [0.2, 0.25) is 5.91 Å². The number of amides is 1. The second-order valence-electron chi connectivity index (χ2n) is 4.54. The molecule has 0 aliphatic carbocycles. The molecule has 2 rings (SSSR count). The van der Waals surface area contributed by atoms with Crippen molar-refractivity contribution in [2.45, 2.75) is 25.9 Å². The Labute approximate surface area is 117 Å². The Kier molecular flexibility index (Phi) is 4.71. The van der Waals surface area contributed by atoms with Gasteiger partial charge in [-0.05, 0) is 35.9 Å². The molecule has 1 aromatic carbocycles. The second-order valence-corrected chi connectivity index (χ2v) is 5.54. The van der Waals surface area contributed by atoms with Crippen LogP contribution in [-0.2, 0) is 17.8 Å². The molecule has 1 amide bonds. The van der Waals surface area contributed by atoms with Gasteiger partial charge in [0.25, 0.3) is 0 Å². The minimum absolute atomic E-state index is 0.100. The Morgan fingerprint density at radius 3 is 2.68 bits per heavy atom. The van der Waals surface area contributed by atoms with Gasteiger partial charge in [0.15, 0.2) is 0 Å². The molecule has 0 spiro atoms. The lowest BCUT2D eigenvalue weighted by Gasteiger charge is -2.12. The molecule has 3 N–H and O–H groups in total. The molecule has 2 aromatic rings. The van der Waals surface area contributed by atoms with E-state index in [0.29, 0.717) is 13.0 Å². The van der Waals surface area contributed by atoms with E-state index in [0.717, 1.165) is 5.56 Å². The highest BCUT2D eigenvalue weighted by Gasteiger charge is 2.14. The molecule has 4 heteroatoms. The van der Waals surface area contributed by atoms with Gasteiger partial charge in [-0.2, -0.15) is 0 Å². The van der Waals surface area contributed by atoms with Gasteiger partial charge in [0.1, 0.15) is 0 Å². The average molecular weight is 274 g/mol. The highest BCUT2D eigenvalue weighted by atomic mass is 32.1. The first-order valence-electron chi connectivity index (χ1n) is 6.27. The third-order valence-corrected chi connectivity index (χ3v) is 4.05. The lowest BCUT2D eigenvalue weighted by molar-refractivity contribution is -0.122. The second kappa shape index (κ2) is 6.50. The third kappa shape index (κ3) is 3.91. The van der Waals surface area contributed by atoms with Crippen LogP contribution >= 0.6 is 11.3 Å². The lowest BCUT2D eigenvalue weighted by Crippen LogP contribution is -2.41. The minimum atomic E-state index is -0.498. The molecule has 0 aliphatic rings. The van der Waals surface area contributed by atoms with E-state index in [-0.39, 0.29) is 5.91 Å². The molecule has 0 saturated carbocycles. The fourth-order valence-electron chi connectivity index (χ4n) is 1.84. The Morgan fingerprint density at radius 2 is 2.05 bits per heavy atom. The van der Waals surface area contributed by atoms with Crippen molar-refractivity contribution in [1.82, 2.24) is 5.32 Å². The largest absolute Gasteiger partial charge is 0.350 e. The molecule has 0 unspecified atom stereocenters. The smallest absolute Gasteiger partial charge is 0.237 e. The van der Waals surface area contributed by atoms with E-state index in [1.54, 1.807) is 11.3 Å². The van der Waals surface area contributed by atoms with Crippen LogP contribution in [0.5, 0.6) is 0 Å². The van der Waals surface area contributed by atoms with Crippen molar-refractivity contribution >= 4 is 17.2 Å². The van der Waals surface area contributed by atoms with Crippen molar-refractivity contribution in [2.24, 2.45) is 5.73 Å². The summed E-state index contributed by atoms with van der Waals surface area (Å²) in [6, 6.07) is 11.4. The molecule has 0 fully saturated rings.